The van der Waals surface area contributed by atoms with Crippen molar-refractivity contribution in [3.63, 3.8) is 0 Å². The number of rotatable bonds is 8. The third-order valence-electron chi connectivity index (χ3n) is 3.65. The number of hydrogen-bond donors (Lipinski definition) is 1. The number of nitrogens with one attached hydrogen (secondary N) is 1. The Morgan fingerprint density at radius 3 is 2.96 bits per heavy atom. The van der Waals surface area contributed by atoms with Gasteiger partial charge in [-0.3, -0.25) is 0 Å². The van der Waals surface area contributed by atoms with Crippen LogP contribution in [0.5, 0.6) is 0 Å². The van der Waals surface area contributed by atoms with E-state index in [0.29, 0.717) is 23.8 Å². The molecule has 6 nitrogen and oxygen atoms in total. The molecular formula is C17H20FN5OS. The first kappa shape index (κ1) is 17.5. The molecule has 0 aliphatic carbocycles. The maximum atomic E-state index is 13.5. The van der Waals surface area contributed by atoms with Crippen molar-refractivity contribution in [2.45, 2.75) is 26.2 Å². The second-order valence-corrected chi connectivity index (χ2v) is 6.28. The van der Waals surface area contributed by atoms with Crippen LogP contribution >= 0.6 is 11.5 Å². The van der Waals surface area contributed by atoms with Gasteiger partial charge in [0.05, 0.1) is 29.9 Å². The number of nitrogens with zero attached hydrogens (tertiary/aromatic N) is 4. The number of halogens is 1. The Kier molecular flexibility index (Phi) is 5.72. The largest absolute Gasteiger partial charge is 0.384 e. The second kappa shape index (κ2) is 8.17. The molecule has 0 aliphatic rings. The minimum Gasteiger partial charge on any atom is -0.384 e. The summed E-state index contributed by atoms with van der Waals surface area (Å²) < 4.78 is 24.7. The molecule has 0 fully saturated rings. The van der Waals surface area contributed by atoms with Crippen molar-refractivity contribution in [3.05, 3.63) is 47.8 Å². The van der Waals surface area contributed by atoms with Crippen LogP contribution in [0.3, 0.4) is 0 Å². The van der Waals surface area contributed by atoms with E-state index in [0.717, 1.165) is 30.0 Å². The average Bonchev–Trinajstić information content (AvgIpc) is 3.21. The quantitative estimate of drug-likeness (QED) is 0.662. The van der Waals surface area contributed by atoms with Crippen LogP contribution in [0.4, 0.5) is 15.2 Å². The van der Waals surface area contributed by atoms with Gasteiger partial charge >= 0.3 is 0 Å². The molecule has 1 aromatic carbocycles. The van der Waals surface area contributed by atoms with E-state index >= 15 is 0 Å². The third kappa shape index (κ3) is 4.21. The summed E-state index contributed by atoms with van der Waals surface area (Å²) in [4.78, 5) is 4.46. The van der Waals surface area contributed by atoms with Gasteiger partial charge < -0.3 is 10.1 Å². The first-order chi connectivity index (χ1) is 12.2. The van der Waals surface area contributed by atoms with Crippen LogP contribution in [0.1, 0.15) is 24.9 Å². The zero-order valence-corrected chi connectivity index (χ0v) is 15.0. The lowest BCUT2D eigenvalue weighted by atomic mass is 10.2. The summed E-state index contributed by atoms with van der Waals surface area (Å²) in [7, 11) is 1.66. The fourth-order valence-corrected chi connectivity index (χ4v) is 3.13. The van der Waals surface area contributed by atoms with Gasteiger partial charge in [-0.25, -0.2) is 14.1 Å². The first-order valence-electron chi connectivity index (χ1n) is 8.12. The maximum Gasteiger partial charge on any atom is 0.207 e. The van der Waals surface area contributed by atoms with Gasteiger partial charge in [-0.1, -0.05) is 19.4 Å². The standard InChI is InChI=1S/C17H20FN5OS/c1-3-5-15-14(20-17-21-16(22-25-17)8-9-24-2)11-19-23(15)13-7-4-6-12(18)10-13/h4,6-7,10-11H,3,5,8-9H2,1-2H3,(H,20,21,22). The topological polar surface area (TPSA) is 64.9 Å². The zero-order chi connectivity index (χ0) is 17.6. The predicted molar refractivity (Wildman–Crippen MR) is 96.3 cm³/mol. The molecule has 0 saturated heterocycles. The fraction of sp³-hybridized carbons (Fsp3) is 0.353. The summed E-state index contributed by atoms with van der Waals surface area (Å²) in [5.41, 5.74) is 2.55. The number of ether oxygens (including phenoxy) is 1. The van der Waals surface area contributed by atoms with Crippen LogP contribution in [0, 0.1) is 5.82 Å². The molecule has 0 spiro atoms. The van der Waals surface area contributed by atoms with E-state index in [2.05, 4.69) is 26.7 Å². The number of anilines is 2. The van der Waals surface area contributed by atoms with E-state index in [1.807, 2.05) is 6.07 Å². The van der Waals surface area contributed by atoms with Crippen LogP contribution in [-0.2, 0) is 17.6 Å². The molecule has 0 aliphatic heterocycles. The molecular weight excluding hydrogens is 341 g/mol. The Hall–Kier alpha value is -2.32. The molecule has 0 amide bonds. The predicted octanol–water partition coefficient (Wildman–Crippen LogP) is 3.75. The SMILES string of the molecule is CCCc1c(Nc2nc(CCOC)ns2)cnn1-c1cccc(F)c1. The Labute approximate surface area is 149 Å². The van der Waals surface area contributed by atoms with Crippen molar-refractivity contribution in [1.29, 1.82) is 0 Å². The Bertz CT molecular complexity index is 832. The smallest absolute Gasteiger partial charge is 0.207 e. The van der Waals surface area contributed by atoms with Crippen LogP contribution in [0.15, 0.2) is 30.5 Å². The van der Waals surface area contributed by atoms with Gasteiger partial charge in [0, 0.05) is 25.1 Å². The van der Waals surface area contributed by atoms with Gasteiger partial charge in [-0.05, 0) is 24.6 Å². The Morgan fingerprint density at radius 2 is 2.20 bits per heavy atom. The summed E-state index contributed by atoms with van der Waals surface area (Å²) >= 11 is 1.30. The van der Waals surface area contributed by atoms with E-state index in [-0.39, 0.29) is 5.82 Å². The molecule has 1 N–H and O–H groups in total. The third-order valence-corrected chi connectivity index (χ3v) is 4.32. The van der Waals surface area contributed by atoms with Crippen LogP contribution in [0.2, 0.25) is 0 Å². The van der Waals surface area contributed by atoms with Crippen molar-refractivity contribution in [3.8, 4) is 5.69 Å². The van der Waals surface area contributed by atoms with Crippen LogP contribution < -0.4 is 5.32 Å². The fourth-order valence-electron chi connectivity index (χ4n) is 2.50. The average molecular weight is 361 g/mol. The maximum absolute atomic E-state index is 13.5. The van der Waals surface area contributed by atoms with Crippen molar-refractivity contribution >= 4 is 22.4 Å². The van der Waals surface area contributed by atoms with Gasteiger partial charge in [-0.15, -0.1) is 0 Å². The first-order valence-corrected chi connectivity index (χ1v) is 8.90. The molecule has 0 unspecified atom stereocenters. The highest BCUT2D eigenvalue weighted by Crippen LogP contribution is 2.25. The van der Waals surface area contributed by atoms with Gasteiger partial charge in [0.1, 0.15) is 11.6 Å². The van der Waals surface area contributed by atoms with Crippen molar-refractivity contribution in [2.24, 2.45) is 0 Å². The lowest BCUT2D eigenvalue weighted by molar-refractivity contribution is 0.201. The minimum atomic E-state index is -0.281. The molecule has 3 rings (SSSR count). The molecule has 132 valence electrons. The molecule has 0 bridgehead atoms. The van der Waals surface area contributed by atoms with E-state index < -0.39 is 0 Å². The molecule has 2 heterocycles. The molecule has 0 radical (unpaired) electrons. The van der Waals surface area contributed by atoms with E-state index in [4.69, 9.17) is 4.74 Å². The van der Waals surface area contributed by atoms with Gasteiger partial charge in [0.15, 0.2) is 0 Å². The number of aromatic nitrogens is 4. The monoisotopic (exact) mass is 361 g/mol. The lowest BCUT2D eigenvalue weighted by Crippen LogP contribution is -2.04. The number of benzene rings is 1. The Morgan fingerprint density at radius 1 is 1.32 bits per heavy atom. The summed E-state index contributed by atoms with van der Waals surface area (Å²) in [6.07, 6.45) is 4.18. The second-order valence-electron chi connectivity index (χ2n) is 5.53. The molecule has 0 atom stereocenters. The summed E-state index contributed by atoms with van der Waals surface area (Å²) in [5, 5.41) is 8.42. The highest BCUT2D eigenvalue weighted by atomic mass is 32.1. The number of hydrogen-bond acceptors (Lipinski definition) is 6. The highest BCUT2D eigenvalue weighted by Gasteiger charge is 2.14. The van der Waals surface area contributed by atoms with E-state index in [9.17, 15) is 4.39 Å². The molecule has 8 heteroatoms. The number of methoxy groups -OCH3 is 1. The highest BCUT2D eigenvalue weighted by molar-refractivity contribution is 7.09. The van der Waals surface area contributed by atoms with Crippen LogP contribution in [0.25, 0.3) is 5.69 Å². The van der Waals surface area contributed by atoms with Crippen LogP contribution in [-0.4, -0.2) is 32.9 Å². The normalized spacial score (nSPS) is 11.0. The molecule has 0 saturated carbocycles. The zero-order valence-electron chi connectivity index (χ0n) is 14.2. The van der Waals surface area contributed by atoms with Gasteiger partial charge in [-0.2, -0.15) is 9.47 Å². The summed E-state index contributed by atoms with van der Waals surface area (Å²) in [6.45, 7) is 2.69. The lowest BCUT2D eigenvalue weighted by Gasteiger charge is -2.09. The molecule has 2 aromatic heterocycles. The summed E-state index contributed by atoms with van der Waals surface area (Å²) in [5.74, 6) is 0.473. The molecule has 25 heavy (non-hydrogen) atoms. The van der Waals surface area contributed by atoms with Crippen molar-refractivity contribution < 1.29 is 9.13 Å². The summed E-state index contributed by atoms with van der Waals surface area (Å²) in [6, 6.07) is 6.42. The minimum absolute atomic E-state index is 0.281. The van der Waals surface area contributed by atoms with E-state index in [1.165, 1.54) is 23.7 Å². The molecule has 3 aromatic rings. The van der Waals surface area contributed by atoms with Crippen molar-refractivity contribution in [1.82, 2.24) is 19.1 Å². The van der Waals surface area contributed by atoms with Gasteiger partial charge in [0.2, 0.25) is 5.13 Å². The van der Waals surface area contributed by atoms with E-state index in [1.54, 1.807) is 24.1 Å². The Balaban J connectivity index is 1.85. The van der Waals surface area contributed by atoms with Crippen molar-refractivity contribution in [2.75, 3.05) is 19.0 Å². The van der Waals surface area contributed by atoms with Gasteiger partial charge in [0.25, 0.3) is 0 Å².